The molecule has 1 spiro atoms. The second kappa shape index (κ2) is 10.4. The van der Waals surface area contributed by atoms with E-state index in [0.29, 0.717) is 30.1 Å². The molecule has 0 saturated carbocycles. The summed E-state index contributed by atoms with van der Waals surface area (Å²) in [6.45, 7) is 8.41. The first-order valence-electron chi connectivity index (χ1n) is 11.9. The number of benzene rings is 1. The van der Waals surface area contributed by atoms with Crippen molar-refractivity contribution in [2.45, 2.75) is 35.3 Å². The van der Waals surface area contributed by atoms with Gasteiger partial charge in [0, 0.05) is 49.2 Å². The third kappa shape index (κ3) is 4.30. The van der Waals surface area contributed by atoms with Gasteiger partial charge >= 0.3 is 0 Å². The van der Waals surface area contributed by atoms with E-state index < -0.39 is 22.6 Å². The Balaban J connectivity index is 1.75. The van der Waals surface area contributed by atoms with Crippen LogP contribution < -0.4 is 4.90 Å². The Bertz CT molecular complexity index is 1020. The molecule has 35 heavy (non-hydrogen) atoms. The number of anilines is 1. The first kappa shape index (κ1) is 25.8. The van der Waals surface area contributed by atoms with Gasteiger partial charge in [0.2, 0.25) is 11.8 Å². The molecule has 5 atom stereocenters. The number of thioether (sulfide) groups is 1. The van der Waals surface area contributed by atoms with E-state index in [2.05, 4.69) is 13.2 Å². The molecule has 1 aromatic rings. The van der Waals surface area contributed by atoms with Gasteiger partial charge in [-0.15, -0.1) is 24.9 Å². The Labute approximate surface area is 215 Å². The summed E-state index contributed by atoms with van der Waals surface area (Å²) in [4.78, 5) is 46.4. The number of fused-ring (bicyclic) bond motifs is 1. The molecule has 2 bridgehead atoms. The van der Waals surface area contributed by atoms with E-state index in [0.717, 1.165) is 6.42 Å². The minimum absolute atomic E-state index is 0.00222. The third-order valence-corrected chi connectivity index (χ3v) is 9.58. The average Bonchev–Trinajstić information content (AvgIpc) is 3.48. The van der Waals surface area contributed by atoms with Crippen molar-refractivity contribution in [1.29, 1.82) is 0 Å². The summed E-state index contributed by atoms with van der Waals surface area (Å²) in [6.07, 6.45) is 5.18. The number of likely N-dealkylation sites (N-methyl/N-ethyl adjacent to an activating group) is 1. The van der Waals surface area contributed by atoms with Crippen molar-refractivity contribution in [3.63, 3.8) is 0 Å². The molecule has 0 radical (unpaired) electrons. The smallest absolute Gasteiger partial charge is 0.251 e. The summed E-state index contributed by atoms with van der Waals surface area (Å²) >= 11 is 7.71. The summed E-state index contributed by atoms with van der Waals surface area (Å²) in [7, 11) is 1.73. The highest BCUT2D eigenvalue weighted by Crippen LogP contribution is 2.66. The maximum absolute atomic E-state index is 14.2. The van der Waals surface area contributed by atoms with Crippen molar-refractivity contribution in [3.8, 4) is 0 Å². The topological polar surface area (TPSA) is 81.2 Å². The molecule has 3 amide bonds. The maximum Gasteiger partial charge on any atom is 0.251 e. The Kier molecular flexibility index (Phi) is 7.64. The largest absolute Gasteiger partial charge is 0.396 e. The van der Waals surface area contributed by atoms with Gasteiger partial charge in [0.15, 0.2) is 0 Å². The Hall–Kier alpha value is -2.29. The maximum atomic E-state index is 14.2. The van der Waals surface area contributed by atoms with E-state index in [4.69, 9.17) is 11.6 Å². The molecule has 1 aromatic carbocycles. The number of aliphatic hydroxyl groups is 1. The number of hydrogen-bond acceptors (Lipinski definition) is 5. The molecule has 3 saturated heterocycles. The van der Waals surface area contributed by atoms with Gasteiger partial charge in [-0.25, -0.2) is 0 Å². The van der Waals surface area contributed by atoms with Gasteiger partial charge in [-0.3, -0.25) is 14.4 Å². The van der Waals surface area contributed by atoms with Crippen LogP contribution in [0.2, 0.25) is 5.02 Å². The van der Waals surface area contributed by atoms with E-state index in [1.165, 1.54) is 0 Å². The van der Waals surface area contributed by atoms with Gasteiger partial charge in [0.05, 0.1) is 16.6 Å². The number of carbonyl (C=O) groups is 3. The fraction of sp³-hybridized carbons (Fsp3) is 0.500. The van der Waals surface area contributed by atoms with Crippen LogP contribution in [0.15, 0.2) is 49.6 Å². The van der Waals surface area contributed by atoms with E-state index in [1.54, 1.807) is 69.9 Å². The Morgan fingerprint density at radius 3 is 2.54 bits per heavy atom. The zero-order valence-corrected chi connectivity index (χ0v) is 21.5. The summed E-state index contributed by atoms with van der Waals surface area (Å²) in [5.41, 5.74) is 0.671. The fourth-order valence-electron chi connectivity index (χ4n) is 5.95. The molecule has 3 fully saturated rings. The predicted octanol–water partition coefficient (Wildman–Crippen LogP) is 2.98. The van der Waals surface area contributed by atoms with Crippen molar-refractivity contribution in [2.75, 3.05) is 38.2 Å². The van der Waals surface area contributed by atoms with Gasteiger partial charge < -0.3 is 19.8 Å². The molecule has 7 nitrogen and oxygen atoms in total. The van der Waals surface area contributed by atoms with Crippen molar-refractivity contribution < 1.29 is 19.5 Å². The van der Waals surface area contributed by atoms with Crippen molar-refractivity contribution in [2.24, 2.45) is 11.8 Å². The summed E-state index contributed by atoms with van der Waals surface area (Å²) < 4.78 is -0.671. The van der Waals surface area contributed by atoms with Crippen molar-refractivity contribution in [1.82, 2.24) is 9.80 Å². The lowest BCUT2D eigenvalue weighted by Crippen LogP contribution is -2.55. The number of nitrogens with zero attached hydrogens (tertiary/aromatic N) is 3. The van der Waals surface area contributed by atoms with Crippen LogP contribution in [0.1, 0.15) is 19.3 Å². The van der Waals surface area contributed by atoms with Crippen molar-refractivity contribution >= 4 is 46.8 Å². The Morgan fingerprint density at radius 2 is 1.91 bits per heavy atom. The van der Waals surface area contributed by atoms with E-state index in [9.17, 15) is 19.5 Å². The molecular weight excluding hydrogens is 486 g/mol. The molecule has 188 valence electrons. The molecular formula is C26H32ClN3O4S. The zero-order valence-electron chi connectivity index (χ0n) is 19.9. The highest BCUT2D eigenvalue weighted by atomic mass is 35.5. The van der Waals surface area contributed by atoms with E-state index in [-0.39, 0.29) is 42.7 Å². The molecule has 1 N–H and O–H groups in total. The predicted molar refractivity (Wildman–Crippen MR) is 139 cm³/mol. The lowest BCUT2D eigenvalue weighted by molar-refractivity contribution is -0.143. The standard InChI is InChI=1S/C26H32ClN3O4S/c1-4-13-28(3)23(32)20-19-11-12-26(35-19)21(20)24(33)30(15-6-16-31)22(26)25(34)29(14-5-2)18-9-7-17(27)8-10-18/h4-5,7-10,19-22,31H,1-2,6,11-16H2,3H3/t19-,20+,21+,22?,26?/m1/s1. The molecule has 3 heterocycles. The zero-order chi connectivity index (χ0) is 25.3. The molecule has 2 unspecified atom stereocenters. The van der Waals surface area contributed by atoms with Crippen LogP contribution in [-0.4, -0.2) is 82.0 Å². The van der Waals surface area contributed by atoms with Crippen LogP contribution in [0.25, 0.3) is 0 Å². The van der Waals surface area contributed by atoms with E-state index in [1.807, 2.05) is 0 Å². The van der Waals surface area contributed by atoms with Gasteiger partial charge in [-0.2, -0.15) is 0 Å². The molecule has 9 heteroatoms. The number of aliphatic hydroxyl groups excluding tert-OH is 1. The van der Waals surface area contributed by atoms with Crippen LogP contribution in [0.3, 0.4) is 0 Å². The average molecular weight is 518 g/mol. The van der Waals surface area contributed by atoms with Gasteiger partial charge in [-0.05, 0) is 43.5 Å². The number of carbonyl (C=O) groups excluding carboxylic acids is 3. The number of amides is 3. The highest BCUT2D eigenvalue weighted by molar-refractivity contribution is 8.02. The third-order valence-electron chi connectivity index (χ3n) is 7.37. The second-order valence-electron chi connectivity index (χ2n) is 9.39. The van der Waals surface area contributed by atoms with Gasteiger partial charge in [0.25, 0.3) is 5.91 Å². The number of hydrogen-bond donors (Lipinski definition) is 1. The summed E-state index contributed by atoms with van der Waals surface area (Å²) in [6, 6.07) is 6.29. The minimum atomic E-state index is -0.723. The van der Waals surface area contributed by atoms with Crippen LogP contribution in [-0.2, 0) is 14.4 Å². The van der Waals surface area contributed by atoms with Crippen LogP contribution >= 0.6 is 23.4 Å². The minimum Gasteiger partial charge on any atom is -0.396 e. The molecule has 0 aromatic heterocycles. The highest BCUT2D eigenvalue weighted by Gasteiger charge is 2.73. The molecule has 3 aliphatic rings. The number of rotatable bonds is 10. The summed E-state index contributed by atoms with van der Waals surface area (Å²) in [5.74, 6) is -1.45. The first-order valence-corrected chi connectivity index (χ1v) is 13.2. The number of halogens is 1. The first-order chi connectivity index (χ1) is 16.8. The Morgan fingerprint density at radius 1 is 1.23 bits per heavy atom. The molecule has 3 aliphatic heterocycles. The molecule has 4 rings (SSSR count). The fourth-order valence-corrected chi connectivity index (χ4v) is 8.29. The molecule has 0 aliphatic carbocycles. The van der Waals surface area contributed by atoms with Crippen LogP contribution in [0.5, 0.6) is 0 Å². The van der Waals surface area contributed by atoms with Gasteiger partial charge in [-0.1, -0.05) is 23.8 Å². The lowest BCUT2D eigenvalue weighted by atomic mass is 9.70. The van der Waals surface area contributed by atoms with Crippen LogP contribution in [0.4, 0.5) is 5.69 Å². The quantitative estimate of drug-likeness (QED) is 0.483. The normalized spacial score (nSPS) is 28.7. The van der Waals surface area contributed by atoms with E-state index >= 15 is 0 Å². The lowest BCUT2D eigenvalue weighted by Gasteiger charge is -2.37. The van der Waals surface area contributed by atoms with Crippen molar-refractivity contribution in [3.05, 3.63) is 54.6 Å². The van der Waals surface area contributed by atoms with Crippen LogP contribution in [0, 0.1) is 11.8 Å². The SMILES string of the molecule is C=CCN(C)C(=O)[C@@H]1[C@H]2C(=O)N(CCCO)C(C(=O)N(CC=C)c3ccc(Cl)cc3)C23CC[C@H]1S3. The second-order valence-corrected chi connectivity index (χ2v) is 11.4. The van der Waals surface area contributed by atoms with Gasteiger partial charge in [0.1, 0.15) is 6.04 Å². The monoisotopic (exact) mass is 517 g/mol. The summed E-state index contributed by atoms with van der Waals surface area (Å²) in [5, 5.41) is 10.1. The number of likely N-dealkylation sites (tertiary alicyclic amines) is 1.